The van der Waals surface area contributed by atoms with Crippen LogP contribution in [0.4, 0.5) is 5.82 Å². The fraction of sp³-hybridized carbons (Fsp3) is 0.160. The second kappa shape index (κ2) is 8.77. The molecule has 3 heterocycles. The molecular weight excluding hydrogens is 524 g/mol. The number of benzene rings is 2. The predicted octanol–water partition coefficient (Wildman–Crippen LogP) is 5.76. The van der Waals surface area contributed by atoms with Crippen LogP contribution in [-0.2, 0) is 0 Å². The van der Waals surface area contributed by atoms with Crippen molar-refractivity contribution >= 4 is 50.2 Å². The molecule has 0 N–H and O–H groups in total. The van der Waals surface area contributed by atoms with Crippen molar-refractivity contribution in [1.82, 2.24) is 4.98 Å². The Bertz CT molecular complexity index is 1490. The zero-order chi connectivity index (χ0) is 24.0. The van der Waals surface area contributed by atoms with E-state index in [0.29, 0.717) is 45.5 Å². The van der Waals surface area contributed by atoms with Crippen LogP contribution in [0.3, 0.4) is 0 Å². The van der Waals surface area contributed by atoms with E-state index in [0.717, 1.165) is 4.47 Å². The van der Waals surface area contributed by atoms with Crippen molar-refractivity contribution in [2.45, 2.75) is 13.0 Å². The first-order chi connectivity index (χ1) is 16.4. The summed E-state index contributed by atoms with van der Waals surface area (Å²) in [4.78, 5) is 33.1. The summed E-state index contributed by atoms with van der Waals surface area (Å²) in [6, 6.07) is 12.9. The molecule has 7 nitrogen and oxygen atoms in total. The van der Waals surface area contributed by atoms with E-state index in [1.165, 1.54) is 18.2 Å². The number of pyridine rings is 1. The highest BCUT2D eigenvalue weighted by Gasteiger charge is 2.44. The molecule has 34 heavy (non-hydrogen) atoms. The van der Waals surface area contributed by atoms with Crippen LogP contribution in [0.2, 0.25) is 5.02 Å². The highest BCUT2D eigenvalue weighted by Crippen LogP contribution is 2.43. The predicted molar refractivity (Wildman–Crippen MR) is 132 cm³/mol. The molecule has 0 fully saturated rings. The van der Waals surface area contributed by atoms with Gasteiger partial charge in [0.15, 0.2) is 16.9 Å². The minimum atomic E-state index is -0.791. The van der Waals surface area contributed by atoms with Gasteiger partial charge in [-0.25, -0.2) is 4.98 Å². The van der Waals surface area contributed by atoms with E-state index in [1.54, 1.807) is 48.5 Å². The molecule has 1 aliphatic rings. The van der Waals surface area contributed by atoms with Crippen LogP contribution in [0.25, 0.3) is 11.0 Å². The molecule has 1 amide bonds. The first kappa shape index (κ1) is 22.4. The highest BCUT2D eigenvalue weighted by molar-refractivity contribution is 9.10. The van der Waals surface area contributed by atoms with Gasteiger partial charge >= 0.3 is 0 Å². The van der Waals surface area contributed by atoms with Gasteiger partial charge < -0.3 is 13.9 Å². The molecule has 9 heteroatoms. The molecule has 0 saturated heterocycles. The minimum absolute atomic E-state index is 0.0191. The van der Waals surface area contributed by atoms with E-state index < -0.39 is 11.9 Å². The average Bonchev–Trinajstić information content (AvgIpc) is 3.13. The monoisotopic (exact) mass is 540 g/mol. The SMILES string of the molecule is CCOc1ccc(C2c3c(oc4ccc(Br)cc4c3=O)C(=O)N2c2ccc(Cl)cn2)cc1OC. The van der Waals surface area contributed by atoms with Crippen molar-refractivity contribution < 1.29 is 18.7 Å². The Hall–Kier alpha value is -3.36. The number of carbonyl (C=O) groups excluding carboxylic acids is 1. The summed E-state index contributed by atoms with van der Waals surface area (Å²) in [5.41, 5.74) is 0.916. The molecule has 0 bridgehead atoms. The number of hydrogen-bond donors (Lipinski definition) is 0. The Morgan fingerprint density at radius 3 is 2.65 bits per heavy atom. The molecule has 1 aliphatic heterocycles. The smallest absolute Gasteiger partial charge is 0.296 e. The molecule has 0 spiro atoms. The lowest BCUT2D eigenvalue weighted by Gasteiger charge is -2.25. The largest absolute Gasteiger partial charge is 0.493 e. The van der Waals surface area contributed by atoms with Gasteiger partial charge in [-0.1, -0.05) is 33.6 Å². The number of ether oxygens (including phenoxy) is 2. The fourth-order valence-corrected chi connectivity index (χ4v) is 4.61. The summed E-state index contributed by atoms with van der Waals surface area (Å²) in [5, 5.41) is 0.798. The summed E-state index contributed by atoms with van der Waals surface area (Å²) in [7, 11) is 1.54. The van der Waals surface area contributed by atoms with Gasteiger partial charge in [0.25, 0.3) is 5.91 Å². The maximum Gasteiger partial charge on any atom is 0.296 e. The van der Waals surface area contributed by atoms with Crippen molar-refractivity contribution in [1.29, 1.82) is 0 Å². The molecule has 1 unspecified atom stereocenters. The average molecular weight is 542 g/mol. The van der Waals surface area contributed by atoms with Gasteiger partial charge in [0, 0.05) is 10.7 Å². The van der Waals surface area contributed by atoms with Crippen LogP contribution in [0.5, 0.6) is 11.5 Å². The van der Waals surface area contributed by atoms with Crippen LogP contribution in [0.1, 0.15) is 34.6 Å². The quantitative estimate of drug-likeness (QED) is 0.319. The minimum Gasteiger partial charge on any atom is -0.493 e. The summed E-state index contributed by atoms with van der Waals surface area (Å²) >= 11 is 9.43. The van der Waals surface area contributed by atoms with Crippen molar-refractivity contribution in [3.63, 3.8) is 0 Å². The molecule has 2 aromatic carbocycles. The molecule has 5 rings (SSSR count). The molecule has 0 saturated carbocycles. The number of fused-ring (bicyclic) bond motifs is 2. The van der Waals surface area contributed by atoms with E-state index in [1.807, 2.05) is 6.92 Å². The van der Waals surface area contributed by atoms with Gasteiger partial charge in [-0.3, -0.25) is 14.5 Å². The fourth-order valence-electron chi connectivity index (χ4n) is 4.14. The van der Waals surface area contributed by atoms with Crippen LogP contribution in [0.15, 0.2) is 68.4 Å². The van der Waals surface area contributed by atoms with E-state index in [4.69, 9.17) is 25.5 Å². The van der Waals surface area contributed by atoms with E-state index >= 15 is 0 Å². The molecular formula is C25H18BrClN2O5. The standard InChI is InChI=1S/C25H18BrClN2O5/c1-3-33-18-7-4-13(10-19(18)32-2)22-21-23(30)16-11-14(26)5-8-17(16)34-24(21)25(31)29(22)20-9-6-15(27)12-28-20/h4-12,22H,3H2,1-2H3. The first-order valence-electron chi connectivity index (χ1n) is 10.4. The molecule has 2 aromatic heterocycles. The second-order valence-corrected chi connectivity index (χ2v) is 8.92. The number of hydrogen-bond acceptors (Lipinski definition) is 6. The number of nitrogens with zero attached hydrogens (tertiary/aromatic N) is 2. The molecule has 0 aliphatic carbocycles. The Kier molecular flexibility index (Phi) is 5.79. The third-order valence-corrected chi connectivity index (χ3v) is 6.31. The summed E-state index contributed by atoms with van der Waals surface area (Å²) in [6.07, 6.45) is 1.45. The number of aromatic nitrogens is 1. The van der Waals surface area contributed by atoms with Gasteiger partial charge in [0.05, 0.1) is 35.7 Å². The van der Waals surface area contributed by atoms with E-state index in [9.17, 15) is 9.59 Å². The van der Waals surface area contributed by atoms with Crippen LogP contribution >= 0.6 is 27.5 Å². The number of carbonyl (C=O) groups is 1. The number of anilines is 1. The summed E-state index contributed by atoms with van der Waals surface area (Å²) in [6.45, 7) is 2.34. The second-order valence-electron chi connectivity index (χ2n) is 7.57. The third kappa shape index (κ3) is 3.63. The van der Waals surface area contributed by atoms with Crippen LogP contribution < -0.4 is 19.8 Å². The Morgan fingerprint density at radius 1 is 1.12 bits per heavy atom. The molecule has 0 radical (unpaired) electrons. The van der Waals surface area contributed by atoms with Gasteiger partial charge in [-0.2, -0.15) is 0 Å². The normalized spacial score (nSPS) is 15.0. The van der Waals surface area contributed by atoms with E-state index in [-0.39, 0.29) is 16.8 Å². The van der Waals surface area contributed by atoms with Crippen LogP contribution in [0, 0.1) is 0 Å². The molecule has 4 aromatic rings. The molecule has 172 valence electrons. The maximum absolute atomic E-state index is 13.7. The number of methoxy groups -OCH3 is 1. The van der Waals surface area contributed by atoms with Gasteiger partial charge in [0.2, 0.25) is 5.76 Å². The van der Waals surface area contributed by atoms with Crippen molar-refractivity contribution in [3.05, 3.63) is 91.3 Å². The lowest BCUT2D eigenvalue weighted by Crippen LogP contribution is -2.30. The lowest BCUT2D eigenvalue weighted by molar-refractivity contribution is 0.0970. The number of halogens is 2. The highest BCUT2D eigenvalue weighted by atomic mass is 79.9. The summed E-state index contributed by atoms with van der Waals surface area (Å²) in [5.74, 6) is 0.892. The van der Waals surface area contributed by atoms with E-state index in [2.05, 4.69) is 20.9 Å². The Morgan fingerprint density at radius 2 is 1.94 bits per heavy atom. The Labute approximate surface area is 208 Å². The number of amides is 1. The zero-order valence-electron chi connectivity index (χ0n) is 18.2. The topological polar surface area (TPSA) is 81.9 Å². The third-order valence-electron chi connectivity index (χ3n) is 5.59. The Balaban J connectivity index is 1.78. The first-order valence-corrected chi connectivity index (χ1v) is 11.6. The number of rotatable bonds is 5. The lowest BCUT2D eigenvalue weighted by atomic mass is 9.98. The molecule has 1 atom stereocenters. The van der Waals surface area contributed by atoms with Gasteiger partial charge in [-0.15, -0.1) is 0 Å². The zero-order valence-corrected chi connectivity index (χ0v) is 20.5. The van der Waals surface area contributed by atoms with Gasteiger partial charge in [-0.05, 0) is 55.0 Å². The van der Waals surface area contributed by atoms with Crippen molar-refractivity contribution in [2.24, 2.45) is 0 Å². The van der Waals surface area contributed by atoms with Crippen molar-refractivity contribution in [3.8, 4) is 11.5 Å². The van der Waals surface area contributed by atoms with Gasteiger partial charge in [0.1, 0.15) is 11.4 Å². The maximum atomic E-state index is 13.7. The van der Waals surface area contributed by atoms with Crippen molar-refractivity contribution in [2.75, 3.05) is 18.6 Å². The summed E-state index contributed by atoms with van der Waals surface area (Å²) < 4.78 is 17.9. The van der Waals surface area contributed by atoms with Crippen LogP contribution in [-0.4, -0.2) is 24.6 Å².